The SMILES string of the molecule is C.C1CCOC1.CCc1cccc(CC)c1-n1nc2c(c1-c1cc(F)c(N)cc1F)CN(Cc1ccc(C(F)(F)F)cc1C)C2(C)C.CCc1cccc(CC)c1-n1nc2c(c1-c1cc(F)c(NC(=O)NP(=O)(Cl)Cl)cc1F)CN(Cc1ccc(C(F)(F)F)cc1C)C2(C)C.CCc1cccc(CC)c1-n1nc2c(c1-c1cc(F)c(NC(=O)NP(=O)(O)O)cc1F)CN(Cc1ccc(C(F)(F)F)cc1C)C2(C)C.O=C=NP(=O)(Cl)Cl. The van der Waals surface area contributed by atoms with Crippen LogP contribution < -0.4 is 26.5 Å². The Bertz CT molecular complexity index is 6940. The van der Waals surface area contributed by atoms with Crippen molar-refractivity contribution in [3.63, 3.8) is 0 Å². The number of hydrogen-bond acceptors (Lipinski definition) is 14. The first kappa shape index (κ1) is 119. The lowest BCUT2D eigenvalue weighted by Gasteiger charge is -2.32. The summed E-state index contributed by atoms with van der Waals surface area (Å²) in [6, 6.07) is 31.4. The number of benzene rings is 9. The molecule has 0 spiro atoms. The number of nitrogens with zero attached hydrogens (tertiary/aromatic N) is 10. The molecule has 12 aromatic rings. The fourth-order valence-corrected chi connectivity index (χ4v) is 20.0. The lowest BCUT2D eigenvalue weighted by molar-refractivity contribution is -0.138. The fraction of sp³-hybridized carbons (Fsp3) is 0.365. The number of isocyanates is 1. The molecule has 0 unspecified atom stereocenters. The van der Waals surface area contributed by atoms with Gasteiger partial charge >= 0.3 is 50.3 Å². The third-order valence-corrected chi connectivity index (χ3v) is 28.9. The second kappa shape index (κ2) is 47.2. The Labute approximate surface area is 877 Å². The summed E-state index contributed by atoms with van der Waals surface area (Å²) in [6.07, 6.45) is -5.93. The number of carbonyl (C=O) groups is 2. The van der Waals surface area contributed by atoms with E-state index in [4.69, 9.17) is 80.5 Å². The van der Waals surface area contributed by atoms with Crippen LogP contribution in [0.4, 0.5) is 92.5 Å². The highest BCUT2D eigenvalue weighted by Gasteiger charge is 2.49. The zero-order valence-electron chi connectivity index (χ0n) is 83.5. The van der Waals surface area contributed by atoms with Gasteiger partial charge in [0.05, 0.1) is 102 Å². The van der Waals surface area contributed by atoms with Crippen molar-refractivity contribution in [2.75, 3.05) is 29.6 Å². The number of anilines is 3. The monoisotopic (exact) mass is 2230 g/mol. The highest BCUT2D eigenvalue weighted by molar-refractivity contribution is 8.08. The third kappa shape index (κ3) is 26.8. The highest BCUT2D eigenvalue weighted by Crippen LogP contribution is 2.58. The molecule has 4 amide bonds. The van der Waals surface area contributed by atoms with Crippen molar-refractivity contribution in [1.82, 2.24) is 54.2 Å². The molecule has 0 radical (unpaired) electrons. The van der Waals surface area contributed by atoms with Crippen LogP contribution in [-0.2, 0) is 136 Å². The van der Waals surface area contributed by atoms with E-state index in [1.165, 1.54) is 36.1 Å². The molecule has 9 aromatic carbocycles. The molecule has 0 atom stereocenters. The molecule has 4 aliphatic heterocycles. The molecule has 0 saturated carbocycles. The van der Waals surface area contributed by atoms with Crippen LogP contribution in [0.3, 0.4) is 0 Å². The van der Waals surface area contributed by atoms with Gasteiger partial charge in [-0.3, -0.25) is 28.9 Å². The molecule has 46 heteroatoms. The summed E-state index contributed by atoms with van der Waals surface area (Å²) < 4.78 is 259. The summed E-state index contributed by atoms with van der Waals surface area (Å²) in [4.78, 5) is 57.5. The smallest absolute Gasteiger partial charge is 0.396 e. The number of aromatic nitrogens is 6. The molecule has 1 saturated heterocycles. The first-order valence-corrected chi connectivity index (χ1v) is 55.7. The third-order valence-electron chi connectivity index (χ3n) is 26.7. The molecule has 0 aliphatic carbocycles. The van der Waals surface area contributed by atoms with E-state index in [0.717, 1.165) is 154 Å². The zero-order valence-corrected chi connectivity index (χ0v) is 89.2. The van der Waals surface area contributed by atoms with E-state index in [0.29, 0.717) is 119 Å². The van der Waals surface area contributed by atoms with Crippen molar-refractivity contribution in [2.45, 2.75) is 237 Å². The van der Waals surface area contributed by atoms with E-state index in [9.17, 15) is 72.0 Å². The van der Waals surface area contributed by atoms with Crippen molar-refractivity contribution < 1.29 is 108 Å². The summed E-state index contributed by atoms with van der Waals surface area (Å²) in [6.45, 7) is 32.2. The largest absolute Gasteiger partial charge is 0.431 e. The normalized spacial score (nSPS) is 14.7. The summed E-state index contributed by atoms with van der Waals surface area (Å²) in [7, 11) is -5.00. The Morgan fingerprint density at radius 3 is 0.947 bits per heavy atom. The number of fused-ring (bicyclic) bond motifs is 3. The summed E-state index contributed by atoms with van der Waals surface area (Å²) in [5.74, 6) is -12.8. The Hall–Kier alpha value is -11.1. The number of para-hydroxylation sites is 3. The van der Waals surface area contributed by atoms with Gasteiger partial charge in [-0.2, -0.15) is 54.8 Å². The minimum absolute atomic E-state index is 0. The summed E-state index contributed by atoms with van der Waals surface area (Å²) in [5.41, 5.74) is 16.1. The maximum Gasteiger partial charge on any atom is 0.431 e. The van der Waals surface area contributed by atoms with E-state index >= 15 is 22.0 Å². The van der Waals surface area contributed by atoms with Gasteiger partial charge in [0.1, 0.15) is 34.9 Å². The minimum atomic E-state index is -5.00. The van der Waals surface area contributed by atoms with E-state index in [1.807, 2.05) is 153 Å². The van der Waals surface area contributed by atoms with Crippen molar-refractivity contribution in [2.24, 2.45) is 4.76 Å². The van der Waals surface area contributed by atoms with Crippen LogP contribution in [0.1, 0.15) is 221 Å². The number of halogens is 19. The van der Waals surface area contributed by atoms with Crippen LogP contribution in [0.25, 0.3) is 50.8 Å². The zero-order chi connectivity index (χ0) is 110. The van der Waals surface area contributed by atoms with Gasteiger partial charge in [0, 0.05) is 104 Å². The average Bonchev–Trinajstić information content (AvgIpc) is 1.57. The van der Waals surface area contributed by atoms with E-state index in [2.05, 4.69) is 15.0 Å². The van der Waals surface area contributed by atoms with Crippen molar-refractivity contribution in [3.8, 4) is 50.8 Å². The molecule has 8 N–H and O–H groups in total. The standard InChI is InChI=1S/C33H33Cl2F5N5O2P.C33H35F5N5O4P.C32H33F5N4.C4H8O.CCl2NO2P.CH4/c1-6-19-9-8-10-20(7-2)28(19)45-29(23-14-26(37)27(15-25(23)36)41-31(46)43-48(34,35)47)24-17-44(32(4,5)30(24)42-45)16-21-11-12-22(13-18(21)3)33(38,39)40;1-6-19-9-8-10-20(7-2)28(19)43-29(23-14-26(35)27(15-25(23)34)39-31(44)41-48(45,46)47)24-17-42(32(4,5)30(24)40-43)16-21-11-12-22(13-18(21)3)33(36,37)38;1-6-19-9-8-10-20(7-2)28(19)41-29(23-14-26(34)27(38)15-25(23)33)24-17-40(31(4,5)30(24)39-41)16-21-11-12-22(13-18(21)3)32(35,36)37;1-2-4-5-3-1;2-7(3,6)4-1-5;/h8-15H,6-7,16-17H2,1-5H3,(H2,41,43,46,47);8-15H,6-7,16-17H2,1-5H3,(H4,39,41,44,45,46,47);8-15H,6-7,16-17,38H2,1-5H3;1-4H2;;1H4. The molecule has 3 aromatic heterocycles. The number of carbonyl (C=O) groups excluding carboxylic acids is 3. The molecule has 7 heterocycles. The molecule has 150 heavy (non-hydrogen) atoms. The second-order valence-corrected chi connectivity index (χ2v) is 47.6. The van der Waals surface area contributed by atoms with E-state index < -0.39 is 130 Å². The van der Waals surface area contributed by atoms with Crippen LogP contribution >= 0.6 is 64.7 Å². The Morgan fingerprint density at radius 2 is 0.713 bits per heavy atom. The molecule has 24 nitrogen and oxygen atoms in total. The van der Waals surface area contributed by atoms with Crippen LogP contribution in [0.15, 0.2) is 150 Å². The fourth-order valence-electron chi connectivity index (χ4n) is 18.7. The number of urea groups is 2. The Kier molecular flexibility index (Phi) is 37.5. The van der Waals surface area contributed by atoms with Gasteiger partial charge in [-0.25, -0.2) is 64.4 Å². The second-order valence-electron chi connectivity index (χ2n) is 37.4. The molecule has 1 fully saturated rings. The van der Waals surface area contributed by atoms with Gasteiger partial charge in [-0.15, -0.1) is 4.76 Å². The predicted molar refractivity (Wildman–Crippen MR) is 553 cm³/mol. The number of amides is 4. The number of aryl methyl sites for hydroxylation is 9. The first-order valence-electron chi connectivity index (χ1n) is 47.1. The predicted octanol–water partition coefficient (Wildman–Crippen LogP) is 29.4. The topological polar surface area (TPSA) is 302 Å². The molecular weight excluding hydrogens is 2120 g/mol. The quantitative estimate of drug-likeness (QED) is 0.0103. The van der Waals surface area contributed by atoms with Crippen LogP contribution in [-0.4, -0.2) is 85.2 Å². The van der Waals surface area contributed by atoms with Crippen molar-refractivity contribution in [1.29, 1.82) is 0 Å². The van der Waals surface area contributed by atoms with Crippen molar-refractivity contribution >= 4 is 99.9 Å². The van der Waals surface area contributed by atoms with Gasteiger partial charge in [-0.1, -0.05) is 122 Å². The summed E-state index contributed by atoms with van der Waals surface area (Å²) in [5, 5.41) is 22.2. The van der Waals surface area contributed by atoms with Crippen molar-refractivity contribution in [3.05, 3.63) is 298 Å². The Balaban J connectivity index is 0.000000201. The van der Waals surface area contributed by atoms with E-state index in [-0.39, 0.29) is 61.7 Å². The molecule has 4 aliphatic rings. The lowest BCUT2D eigenvalue weighted by Crippen LogP contribution is -2.36. The van der Waals surface area contributed by atoms with Gasteiger partial charge < -0.3 is 30.9 Å². The maximum atomic E-state index is 16.1. The van der Waals surface area contributed by atoms with Crippen LogP contribution in [0.5, 0.6) is 0 Å². The van der Waals surface area contributed by atoms with E-state index in [1.54, 1.807) is 39.9 Å². The lowest BCUT2D eigenvalue weighted by atomic mass is 9.97. The number of nitrogen functional groups attached to an aromatic ring is 1. The summed E-state index contributed by atoms with van der Waals surface area (Å²) >= 11 is 20.2. The number of ether oxygens (including phenoxy) is 1. The van der Waals surface area contributed by atoms with Crippen LogP contribution in [0.2, 0.25) is 0 Å². The number of nitrogens with one attached hydrogen (secondary N) is 4. The van der Waals surface area contributed by atoms with Gasteiger partial charge in [0.15, 0.2) is 0 Å². The maximum absolute atomic E-state index is 16.1. The Morgan fingerprint density at radius 1 is 0.433 bits per heavy atom. The first-order chi connectivity index (χ1) is 69.5. The highest BCUT2D eigenvalue weighted by atomic mass is 35.9. The molecule has 16 rings (SSSR count). The number of alkyl halides is 9. The van der Waals surface area contributed by atoms with Crippen LogP contribution in [0, 0.1) is 55.7 Å². The average molecular weight is 2240 g/mol. The molecule has 806 valence electrons. The van der Waals surface area contributed by atoms with Gasteiger partial charge in [-0.05, 0) is 280 Å². The molecule has 0 bridgehead atoms. The van der Waals surface area contributed by atoms with Gasteiger partial charge in [0.2, 0.25) is 6.08 Å². The minimum Gasteiger partial charge on any atom is -0.396 e. The number of rotatable bonds is 23. The number of hydrogen-bond donors (Lipinski definition) is 7. The molecular formula is C104H113Cl4F15N15O9P3. The number of nitrogens with two attached hydrogens (primary N) is 1. The van der Waals surface area contributed by atoms with Gasteiger partial charge in [0.25, 0.3) is 0 Å².